The Morgan fingerprint density at radius 2 is 1.83 bits per heavy atom. The predicted octanol–water partition coefficient (Wildman–Crippen LogP) is 2.68. The first kappa shape index (κ1) is 15.3. The average Bonchev–Trinajstić information content (AvgIpc) is 2.54. The fourth-order valence-electron chi connectivity index (χ4n) is 2.99. The molecule has 0 saturated carbocycles. The quantitative estimate of drug-likeness (QED) is 0.867. The Hall–Kier alpha value is -2.56. The van der Waals surface area contributed by atoms with Gasteiger partial charge < -0.3 is 15.5 Å². The highest BCUT2D eigenvalue weighted by Gasteiger charge is 2.23. The molecule has 0 aliphatic carbocycles. The zero-order chi connectivity index (χ0) is 16.4. The van der Waals surface area contributed by atoms with Crippen LogP contribution in [0.3, 0.4) is 0 Å². The number of aryl methyl sites for hydroxylation is 1. The number of piperazine rings is 1. The van der Waals surface area contributed by atoms with Gasteiger partial charge in [-0.3, -0.25) is 4.79 Å². The minimum Gasteiger partial charge on any atom is -0.399 e. The Labute approximate surface area is 135 Å². The monoisotopic (exact) mass is 313 g/mol. The van der Waals surface area contributed by atoms with E-state index < -0.39 is 0 Å². The summed E-state index contributed by atoms with van der Waals surface area (Å²) >= 11 is 0. The van der Waals surface area contributed by atoms with E-state index in [9.17, 15) is 9.18 Å². The van der Waals surface area contributed by atoms with Gasteiger partial charge in [-0.05, 0) is 48.9 Å². The summed E-state index contributed by atoms with van der Waals surface area (Å²) in [6.07, 6.45) is 0. The second kappa shape index (κ2) is 6.28. The number of anilines is 2. The highest BCUT2D eigenvalue weighted by Crippen LogP contribution is 2.23. The van der Waals surface area contributed by atoms with Gasteiger partial charge in [0.05, 0.1) is 0 Å². The van der Waals surface area contributed by atoms with Gasteiger partial charge in [-0.2, -0.15) is 0 Å². The molecule has 0 spiro atoms. The third kappa shape index (κ3) is 3.28. The van der Waals surface area contributed by atoms with Crippen molar-refractivity contribution in [3.05, 3.63) is 59.4 Å². The molecule has 23 heavy (non-hydrogen) atoms. The topological polar surface area (TPSA) is 49.6 Å². The van der Waals surface area contributed by atoms with Crippen molar-refractivity contribution >= 4 is 17.3 Å². The van der Waals surface area contributed by atoms with Crippen LogP contribution in [-0.4, -0.2) is 37.0 Å². The van der Waals surface area contributed by atoms with Crippen LogP contribution >= 0.6 is 0 Å². The molecular formula is C18H20FN3O. The highest BCUT2D eigenvalue weighted by atomic mass is 19.1. The summed E-state index contributed by atoms with van der Waals surface area (Å²) in [6.45, 7) is 4.80. The molecule has 0 atom stereocenters. The second-order valence-electron chi connectivity index (χ2n) is 5.84. The summed E-state index contributed by atoms with van der Waals surface area (Å²) in [6, 6.07) is 11.7. The maximum Gasteiger partial charge on any atom is 0.254 e. The fourth-order valence-corrected chi connectivity index (χ4v) is 2.99. The normalized spacial score (nSPS) is 14.9. The van der Waals surface area contributed by atoms with E-state index in [-0.39, 0.29) is 11.7 Å². The van der Waals surface area contributed by atoms with E-state index in [1.807, 2.05) is 25.1 Å². The van der Waals surface area contributed by atoms with E-state index in [0.717, 1.165) is 30.0 Å². The summed E-state index contributed by atoms with van der Waals surface area (Å²) in [5.41, 5.74) is 9.24. The first-order chi connectivity index (χ1) is 11.0. The summed E-state index contributed by atoms with van der Waals surface area (Å²) in [7, 11) is 0. The van der Waals surface area contributed by atoms with Gasteiger partial charge in [0, 0.05) is 43.1 Å². The van der Waals surface area contributed by atoms with Crippen LogP contribution in [0.25, 0.3) is 0 Å². The van der Waals surface area contributed by atoms with Gasteiger partial charge in [-0.25, -0.2) is 4.39 Å². The van der Waals surface area contributed by atoms with Crippen molar-refractivity contribution in [3.8, 4) is 0 Å². The number of benzene rings is 2. The summed E-state index contributed by atoms with van der Waals surface area (Å²) in [5, 5.41) is 0. The molecule has 4 nitrogen and oxygen atoms in total. The lowest BCUT2D eigenvalue weighted by molar-refractivity contribution is 0.0746. The Balaban J connectivity index is 1.67. The zero-order valence-corrected chi connectivity index (χ0v) is 13.1. The number of rotatable bonds is 2. The molecule has 0 radical (unpaired) electrons. The van der Waals surface area contributed by atoms with Crippen LogP contribution in [0, 0.1) is 12.7 Å². The van der Waals surface area contributed by atoms with Gasteiger partial charge >= 0.3 is 0 Å². The SMILES string of the molecule is Cc1cc(N)ccc1N1CCN(C(=O)c2cccc(F)c2)CC1. The molecule has 1 fully saturated rings. The van der Waals surface area contributed by atoms with E-state index in [4.69, 9.17) is 5.73 Å². The molecule has 1 aliphatic heterocycles. The molecule has 1 aliphatic rings. The maximum atomic E-state index is 13.3. The zero-order valence-electron chi connectivity index (χ0n) is 13.1. The maximum absolute atomic E-state index is 13.3. The van der Waals surface area contributed by atoms with Crippen molar-refractivity contribution in [2.45, 2.75) is 6.92 Å². The predicted molar refractivity (Wildman–Crippen MR) is 90.1 cm³/mol. The third-order valence-corrected chi connectivity index (χ3v) is 4.20. The molecule has 0 aromatic heterocycles. The van der Waals surface area contributed by atoms with Gasteiger partial charge in [0.1, 0.15) is 5.82 Å². The van der Waals surface area contributed by atoms with Crippen LogP contribution in [0.2, 0.25) is 0 Å². The van der Waals surface area contributed by atoms with Crippen molar-refractivity contribution in [3.63, 3.8) is 0 Å². The molecule has 2 aromatic carbocycles. The minimum atomic E-state index is -0.382. The molecule has 3 rings (SSSR count). The number of nitrogens with zero attached hydrogens (tertiary/aromatic N) is 2. The van der Waals surface area contributed by atoms with Gasteiger partial charge in [0.15, 0.2) is 0 Å². The third-order valence-electron chi connectivity index (χ3n) is 4.20. The van der Waals surface area contributed by atoms with Crippen molar-refractivity contribution in [2.75, 3.05) is 36.8 Å². The molecule has 1 amide bonds. The Morgan fingerprint density at radius 1 is 1.09 bits per heavy atom. The molecule has 120 valence electrons. The Morgan fingerprint density at radius 3 is 2.48 bits per heavy atom. The number of nitrogens with two attached hydrogens (primary N) is 1. The Bertz CT molecular complexity index is 724. The number of carbonyl (C=O) groups is 1. The highest BCUT2D eigenvalue weighted by molar-refractivity contribution is 5.94. The lowest BCUT2D eigenvalue weighted by atomic mass is 10.1. The van der Waals surface area contributed by atoms with Crippen LogP contribution in [-0.2, 0) is 0 Å². The van der Waals surface area contributed by atoms with E-state index in [2.05, 4.69) is 4.90 Å². The molecule has 1 saturated heterocycles. The number of nitrogen functional groups attached to an aromatic ring is 1. The number of amides is 1. The molecule has 0 unspecified atom stereocenters. The summed E-state index contributed by atoms with van der Waals surface area (Å²) in [5.74, 6) is -0.495. The van der Waals surface area contributed by atoms with E-state index in [1.165, 1.54) is 12.1 Å². The summed E-state index contributed by atoms with van der Waals surface area (Å²) < 4.78 is 13.3. The number of halogens is 1. The van der Waals surface area contributed by atoms with Crippen LogP contribution in [0.1, 0.15) is 15.9 Å². The molecule has 1 heterocycles. The smallest absolute Gasteiger partial charge is 0.254 e. The second-order valence-corrected chi connectivity index (χ2v) is 5.84. The Kier molecular flexibility index (Phi) is 4.19. The first-order valence-electron chi connectivity index (χ1n) is 7.70. The molecule has 5 heteroatoms. The van der Waals surface area contributed by atoms with E-state index in [1.54, 1.807) is 17.0 Å². The largest absolute Gasteiger partial charge is 0.399 e. The number of hydrogen-bond acceptors (Lipinski definition) is 3. The van der Waals surface area contributed by atoms with Crippen LogP contribution < -0.4 is 10.6 Å². The van der Waals surface area contributed by atoms with Crippen molar-refractivity contribution in [1.82, 2.24) is 4.90 Å². The first-order valence-corrected chi connectivity index (χ1v) is 7.70. The van der Waals surface area contributed by atoms with Crippen LogP contribution in [0.5, 0.6) is 0 Å². The average molecular weight is 313 g/mol. The molecular weight excluding hydrogens is 293 g/mol. The van der Waals surface area contributed by atoms with Gasteiger partial charge in [-0.1, -0.05) is 6.07 Å². The van der Waals surface area contributed by atoms with Crippen molar-refractivity contribution in [1.29, 1.82) is 0 Å². The minimum absolute atomic E-state index is 0.113. The molecule has 0 bridgehead atoms. The van der Waals surface area contributed by atoms with Crippen LogP contribution in [0.15, 0.2) is 42.5 Å². The fraction of sp³-hybridized carbons (Fsp3) is 0.278. The van der Waals surface area contributed by atoms with E-state index in [0.29, 0.717) is 18.7 Å². The van der Waals surface area contributed by atoms with Gasteiger partial charge in [0.25, 0.3) is 5.91 Å². The summed E-state index contributed by atoms with van der Waals surface area (Å²) in [4.78, 5) is 16.5. The van der Waals surface area contributed by atoms with Gasteiger partial charge in [-0.15, -0.1) is 0 Å². The standard InChI is InChI=1S/C18H20FN3O/c1-13-11-16(20)5-6-17(13)21-7-9-22(10-8-21)18(23)14-3-2-4-15(19)12-14/h2-6,11-12H,7-10,20H2,1H3. The lowest BCUT2D eigenvalue weighted by Crippen LogP contribution is -2.49. The van der Waals surface area contributed by atoms with E-state index >= 15 is 0 Å². The molecule has 2 aromatic rings. The number of hydrogen-bond donors (Lipinski definition) is 1. The van der Waals surface area contributed by atoms with Gasteiger partial charge in [0.2, 0.25) is 0 Å². The van der Waals surface area contributed by atoms with Crippen molar-refractivity contribution in [2.24, 2.45) is 0 Å². The lowest BCUT2D eigenvalue weighted by Gasteiger charge is -2.37. The van der Waals surface area contributed by atoms with Crippen molar-refractivity contribution < 1.29 is 9.18 Å². The van der Waals surface area contributed by atoms with Crippen LogP contribution in [0.4, 0.5) is 15.8 Å². The molecule has 2 N–H and O–H groups in total. The number of carbonyl (C=O) groups excluding carboxylic acids is 1.